The van der Waals surface area contributed by atoms with E-state index in [0.29, 0.717) is 0 Å². The highest BCUT2D eigenvalue weighted by molar-refractivity contribution is 6.25. The first-order valence-electron chi connectivity index (χ1n) is 10.3. The second-order valence-corrected chi connectivity index (χ2v) is 9.22. The van der Waals surface area contributed by atoms with Crippen LogP contribution in [0.2, 0.25) is 0 Å². The second kappa shape index (κ2) is 7.11. The Labute approximate surface area is 198 Å². The molecule has 35 heavy (non-hydrogen) atoms. The smallest absolute Gasteiger partial charge is 0.255 e. The van der Waals surface area contributed by atoms with Gasteiger partial charge in [0.15, 0.2) is 17.0 Å². The van der Waals surface area contributed by atoms with Crippen LogP contribution in [0.3, 0.4) is 0 Å². The lowest BCUT2D eigenvalue weighted by atomic mass is 9.45. The standard InChI is InChI=1S/C22H24N6O7/c1-28(2)15-13(31)10(18(25)34)16(32)20(6-23)17(33)11-12(30)9-7(4-3-5-8(9)29)14(24)21(11,26)19(35)22(15,20)27/h3-5,14-15,19,29-30,32,35H,24,26-27H2,1-2H3,(H2,25,34)/t14?,15-,19+,20+,21-,22+/m1/s1. The highest BCUT2D eigenvalue weighted by Crippen LogP contribution is 2.59. The van der Waals surface area contributed by atoms with Crippen molar-refractivity contribution in [3.63, 3.8) is 0 Å². The summed E-state index contributed by atoms with van der Waals surface area (Å²) in [5.41, 5.74) is 14.7. The predicted molar refractivity (Wildman–Crippen MR) is 119 cm³/mol. The van der Waals surface area contributed by atoms with Crippen LogP contribution in [0.15, 0.2) is 35.1 Å². The van der Waals surface area contributed by atoms with Gasteiger partial charge in [-0.3, -0.25) is 19.3 Å². The van der Waals surface area contributed by atoms with Crippen molar-refractivity contribution in [3.05, 3.63) is 46.2 Å². The SMILES string of the molecule is CN(C)[C@@H]1C(=O)C(C(N)=O)=C(O)[C@@]2(C#N)C(=O)C3=C(O)c4c(O)cccc4C(N)[C@@]3(N)[C@H](O)[C@@]12N. The van der Waals surface area contributed by atoms with E-state index in [1.165, 1.54) is 32.3 Å². The van der Waals surface area contributed by atoms with Crippen molar-refractivity contribution in [2.45, 2.75) is 29.3 Å². The van der Waals surface area contributed by atoms with Gasteiger partial charge in [0.2, 0.25) is 0 Å². The largest absolute Gasteiger partial charge is 0.509 e. The second-order valence-electron chi connectivity index (χ2n) is 9.22. The average molecular weight is 484 g/mol. The van der Waals surface area contributed by atoms with Crippen LogP contribution in [-0.2, 0) is 14.4 Å². The number of rotatable bonds is 2. The van der Waals surface area contributed by atoms with Gasteiger partial charge in [-0.1, -0.05) is 12.1 Å². The number of ketones is 2. The van der Waals surface area contributed by atoms with Crippen LogP contribution >= 0.6 is 0 Å². The van der Waals surface area contributed by atoms with Crippen LogP contribution in [0, 0.1) is 16.7 Å². The third kappa shape index (κ3) is 2.39. The van der Waals surface area contributed by atoms with E-state index >= 15 is 0 Å². The molecule has 0 saturated heterocycles. The van der Waals surface area contributed by atoms with Gasteiger partial charge < -0.3 is 43.4 Å². The first-order valence-corrected chi connectivity index (χ1v) is 10.3. The molecule has 3 aliphatic rings. The highest BCUT2D eigenvalue weighted by atomic mass is 16.3. The molecule has 0 radical (unpaired) electrons. The molecule has 1 aromatic carbocycles. The molecule has 6 atom stereocenters. The predicted octanol–water partition coefficient (Wildman–Crippen LogP) is -2.67. The monoisotopic (exact) mass is 484 g/mol. The van der Waals surface area contributed by atoms with Gasteiger partial charge in [-0.25, -0.2) is 0 Å². The van der Waals surface area contributed by atoms with E-state index < -0.39 is 80.6 Å². The van der Waals surface area contributed by atoms with Crippen LogP contribution in [-0.4, -0.2) is 80.1 Å². The molecule has 13 heteroatoms. The molecule has 184 valence electrons. The number of aromatic hydroxyl groups is 1. The number of nitriles is 1. The number of Topliss-reactive ketones (excluding diaryl/α,β-unsaturated/α-hetero) is 2. The summed E-state index contributed by atoms with van der Waals surface area (Å²) < 4.78 is 0. The van der Waals surface area contributed by atoms with E-state index in [-0.39, 0.29) is 11.1 Å². The summed E-state index contributed by atoms with van der Waals surface area (Å²) in [6.45, 7) is 0. The first-order chi connectivity index (χ1) is 16.2. The maximum absolute atomic E-state index is 14.1. The number of primary amides is 1. The number of carbonyl (C=O) groups excluding carboxylic acids is 3. The number of likely N-dealkylation sites (N-methyl/N-ethyl adjacent to an activating group) is 1. The van der Waals surface area contributed by atoms with Crippen molar-refractivity contribution < 1.29 is 34.8 Å². The summed E-state index contributed by atoms with van der Waals surface area (Å²) in [5.74, 6) is -6.76. The molecule has 1 amide bonds. The molecule has 0 aromatic heterocycles. The minimum atomic E-state index is -2.99. The maximum Gasteiger partial charge on any atom is 0.255 e. The van der Waals surface area contributed by atoms with E-state index in [2.05, 4.69) is 0 Å². The molecule has 1 saturated carbocycles. The zero-order chi connectivity index (χ0) is 26.4. The summed E-state index contributed by atoms with van der Waals surface area (Å²) >= 11 is 0. The highest BCUT2D eigenvalue weighted by Gasteiger charge is 2.79. The van der Waals surface area contributed by atoms with Gasteiger partial charge >= 0.3 is 0 Å². The Bertz CT molecular complexity index is 1330. The Morgan fingerprint density at radius 2 is 1.77 bits per heavy atom. The molecular formula is C22H24N6O7. The van der Waals surface area contributed by atoms with E-state index in [1.54, 1.807) is 6.07 Å². The van der Waals surface area contributed by atoms with Crippen molar-refractivity contribution in [2.24, 2.45) is 28.3 Å². The number of amides is 1. The summed E-state index contributed by atoms with van der Waals surface area (Å²) in [5, 5.41) is 54.6. The van der Waals surface area contributed by atoms with Crippen molar-refractivity contribution in [1.29, 1.82) is 5.26 Å². The Hall–Kier alpha value is -3.80. The fourth-order valence-corrected chi connectivity index (χ4v) is 5.84. The number of fused-ring (bicyclic) bond motifs is 3. The summed E-state index contributed by atoms with van der Waals surface area (Å²) in [4.78, 5) is 40.7. The number of hydrogen-bond donors (Lipinski definition) is 8. The third-order valence-electron chi connectivity index (χ3n) is 7.42. The third-order valence-corrected chi connectivity index (χ3v) is 7.42. The van der Waals surface area contributed by atoms with E-state index in [1.807, 2.05) is 0 Å². The normalized spacial score (nSPS) is 36.5. The molecule has 1 fully saturated rings. The Balaban J connectivity index is 2.23. The van der Waals surface area contributed by atoms with Gasteiger partial charge in [-0.15, -0.1) is 0 Å². The van der Waals surface area contributed by atoms with Gasteiger partial charge in [0.1, 0.15) is 34.5 Å². The molecule has 0 heterocycles. The number of nitrogens with two attached hydrogens (primary N) is 4. The Morgan fingerprint density at radius 3 is 2.29 bits per heavy atom. The van der Waals surface area contributed by atoms with Gasteiger partial charge in [0.25, 0.3) is 5.91 Å². The van der Waals surface area contributed by atoms with E-state index in [4.69, 9.17) is 22.9 Å². The number of phenols is 1. The van der Waals surface area contributed by atoms with Crippen LogP contribution in [0.1, 0.15) is 17.2 Å². The summed E-state index contributed by atoms with van der Waals surface area (Å²) in [6, 6.07) is 2.32. The van der Waals surface area contributed by atoms with Gasteiger partial charge in [-0.2, -0.15) is 5.26 Å². The fraction of sp³-hybridized carbons (Fsp3) is 0.364. The number of carbonyl (C=O) groups is 3. The van der Waals surface area contributed by atoms with Gasteiger partial charge in [0, 0.05) is 0 Å². The fourth-order valence-electron chi connectivity index (χ4n) is 5.84. The first kappa shape index (κ1) is 24.3. The van der Waals surface area contributed by atoms with Crippen molar-refractivity contribution in [1.82, 2.24) is 4.90 Å². The van der Waals surface area contributed by atoms with E-state index in [0.717, 1.165) is 4.90 Å². The molecule has 1 aromatic rings. The number of phenolic OH excluding ortho intramolecular Hbond substituents is 1. The molecule has 0 spiro atoms. The number of benzene rings is 1. The van der Waals surface area contributed by atoms with Crippen LogP contribution < -0.4 is 22.9 Å². The minimum Gasteiger partial charge on any atom is -0.509 e. The van der Waals surface area contributed by atoms with Gasteiger partial charge in [-0.05, 0) is 25.7 Å². The number of hydrogen-bond acceptors (Lipinski definition) is 12. The molecule has 1 unspecified atom stereocenters. The minimum absolute atomic E-state index is 0.0507. The topological polar surface area (TPSA) is 263 Å². The lowest BCUT2D eigenvalue weighted by Crippen LogP contribution is -2.87. The van der Waals surface area contributed by atoms with Crippen molar-refractivity contribution in [2.75, 3.05) is 14.1 Å². The van der Waals surface area contributed by atoms with E-state index in [9.17, 15) is 40.1 Å². The van der Waals surface area contributed by atoms with Crippen LogP contribution in [0.4, 0.5) is 0 Å². The summed E-state index contributed by atoms with van der Waals surface area (Å²) in [7, 11) is 2.66. The van der Waals surface area contributed by atoms with Crippen molar-refractivity contribution in [3.8, 4) is 11.8 Å². The quantitative estimate of drug-likeness (QED) is 0.200. The molecule has 0 aliphatic heterocycles. The van der Waals surface area contributed by atoms with Gasteiger partial charge in [0.05, 0.1) is 34.8 Å². The Kier molecular flexibility index (Phi) is 4.94. The molecule has 4 rings (SSSR count). The molecule has 0 bridgehead atoms. The maximum atomic E-state index is 14.1. The molecular weight excluding hydrogens is 460 g/mol. The zero-order valence-corrected chi connectivity index (χ0v) is 18.7. The molecule has 3 aliphatic carbocycles. The average Bonchev–Trinajstić information content (AvgIpc) is 2.76. The number of nitrogens with zero attached hydrogens (tertiary/aromatic N) is 2. The lowest BCUT2D eigenvalue weighted by Gasteiger charge is -2.62. The van der Waals surface area contributed by atoms with Crippen LogP contribution in [0.25, 0.3) is 5.76 Å². The van der Waals surface area contributed by atoms with Crippen molar-refractivity contribution >= 4 is 23.2 Å². The number of aliphatic hydroxyl groups excluding tert-OH is 3. The van der Waals surface area contributed by atoms with Crippen LogP contribution in [0.5, 0.6) is 5.75 Å². The lowest BCUT2D eigenvalue weighted by molar-refractivity contribution is -0.153. The summed E-state index contributed by atoms with van der Waals surface area (Å²) in [6.07, 6.45) is -2.23. The zero-order valence-electron chi connectivity index (χ0n) is 18.7. The number of aliphatic hydroxyl groups is 3. The molecule has 13 nitrogen and oxygen atoms in total. The molecule has 12 N–H and O–H groups in total. The Morgan fingerprint density at radius 1 is 1.17 bits per heavy atom.